The van der Waals surface area contributed by atoms with Gasteiger partial charge in [-0.15, -0.1) is 0 Å². The van der Waals surface area contributed by atoms with Crippen molar-refractivity contribution in [3.63, 3.8) is 0 Å². The third-order valence-corrected chi connectivity index (χ3v) is 3.22. The zero-order valence-corrected chi connectivity index (χ0v) is 10.6. The summed E-state index contributed by atoms with van der Waals surface area (Å²) in [5.41, 5.74) is 9.63. The predicted molar refractivity (Wildman–Crippen MR) is 74.6 cm³/mol. The van der Waals surface area contributed by atoms with Crippen LogP contribution in [0.2, 0.25) is 0 Å². The highest BCUT2D eigenvalue weighted by atomic mass is 16.2. The number of nitrogens with one attached hydrogen (secondary N) is 1. The van der Waals surface area contributed by atoms with Crippen LogP contribution in [0.1, 0.15) is 5.56 Å². The number of benzene rings is 1. The van der Waals surface area contributed by atoms with E-state index in [1.54, 1.807) is 18.1 Å². The van der Waals surface area contributed by atoms with E-state index in [1.807, 2.05) is 30.3 Å². The van der Waals surface area contributed by atoms with E-state index in [1.165, 1.54) is 0 Å². The Kier molecular flexibility index (Phi) is 2.59. The van der Waals surface area contributed by atoms with Crippen molar-refractivity contribution in [2.24, 2.45) is 0 Å². The van der Waals surface area contributed by atoms with E-state index in [9.17, 15) is 4.79 Å². The number of nitrogen functional groups attached to an aromatic ring is 1. The van der Waals surface area contributed by atoms with Gasteiger partial charge in [-0.05, 0) is 29.3 Å². The Balaban J connectivity index is 2.14. The topological polar surface area (TPSA) is 71.2 Å². The van der Waals surface area contributed by atoms with Gasteiger partial charge in [-0.2, -0.15) is 0 Å². The van der Waals surface area contributed by atoms with E-state index in [2.05, 4.69) is 10.3 Å². The van der Waals surface area contributed by atoms with Gasteiger partial charge in [0.25, 0.3) is 0 Å². The van der Waals surface area contributed by atoms with E-state index in [4.69, 9.17) is 5.73 Å². The van der Waals surface area contributed by atoms with Gasteiger partial charge in [0.05, 0.1) is 6.54 Å². The average Bonchev–Trinajstić information content (AvgIpc) is 2.39. The number of rotatable bonds is 1. The molecular weight excluding hydrogens is 240 g/mol. The molecule has 3 rings (SSSR count). The first-order valence-corrected chi connectivity index (χ1v) is 6.01. The average molecular weight is 254 g/mol. The van der Waals surface area contributed by atoms with Crippen molar-refractivity contribution in [1.29, 1.82) is 0 Å². The van der Waals surface area contributed by atoms with Crippen molar-refractivity contribution in [2.75, 3.05) is 18.1 Å². The fraction of sp³-hybridized carbons (Fsp3) is 0.143. The molecule has 1 aromatic carbocycles. The van der Waals surface area contributed by atoms with Crippen LogP contribution < -0.4 is 11.1 Å². The monoisotopic (exact) mass is 254 g/mol. The van der Waals surface area contributed by atoms with Crippen LogP contribution >= 0.6 is 0 Å². The Morgan fingerprint density at radius 3 is 3.00 bits per heavy atom. The van der Waals surface area contributed by atoms with Gasteiger partial charge in [-0.25, -0.2) is 9.78 Å². The van der Waals surface area contributed by atoms with E-state index in [-0.39, 0.29) is 6.03 Å². The molecule has 0 aliphatic carbocycles. The number of fused-ring (bicyclic) bond motifs is 1. The van der Waals surface area contributed by atoms with Crippen LogP contribution in [0.3, 0.4) is 0 Å². The summed E-state index contributed by atoms with van der Waals surface area (Å²) in [5.74, 6) is 0.628. The molecule has 1 aliphatic heterocycles. The molecular formula is C14H14N4O. The second-order valence-corrected chi connectivity index (χ2v) is 4.60. The third kappa shape index (κ3) is 1.99. The highest BCUT2D eigenvalue weighted by molar-refractivity contribution is 5.93. The maximum Gasteiger partial charge on any atom is 0.323 e. The van der Waals surface area contributed by atoms with Crippen molar-refractivity contribution in [2.45, 2.75) is 6.54 Å². The quantitative estimate of drug-likeness (QED) is 0.767. The first kappa shape index (κ1) is 11.5. The number of aromatic nitrogens is 1. The molecule has 0 saturated heterocycles. The van der Waals surface area contributed by atoms with E-state index >= 15 is 0 Å². The second-order valence-electron chi connectivity index (χ2n) is 4.60. The fourth-order valence-corrected chi connectivity index (χ4v) is 2.24. The SMILES string of the molecule is CN1Cc2c(-c3cccc(N)c3)ccnc2NC1=O. The van der Waals surface area contributed by atoms with Gasteiger partial charge in [-0.3, -0.25) is 5.32 Å². The van der Waals surface area contributed by atoms with Gasteiger partial charge < -0.3 is 10.6 Å². The highest BCUT2D eigenvalue weighted by Gasteiger charge is 2.23. The number of pyridine rings is 1. The molecule has 3 N–H and O–H groups in total. The number of anilines is 2. The predicted octanol–water partition coefficient (Wildman–Crippen LogP) is 2.31. The lowest BCUT2D eigenvalue weighted by Crippen LogP contribution is -2.36. The summed E-state index contributed by atoms with van der Waals surface area (Å²) in [6.45, 7) is 0.541. The Labute approximate surface area is 111 Å². The normalized spacial score (nSPS) is 13.9. The smallest absolute Gasteiger partial charge is 0.323 e. The lowest BCUT2D eigenvalue weighted by atomic mass is 9.99. The first-order chi connectivity index (χ1) is 9.15. The molecule has 0 fully saturated rings. The first-order valence-electron chi connectivity index (χ1n) is 6.01. The Bertz CT molecular complexity index is 654. The number of nitrogens with two attached hydrogens (primary N) is 1. The zero-order chi connectivity index (χ0) is 13.4. The van der Waals surface area contributed by atoms with Gasteiger partial charge in [0.2, 0.25) is 0 Å². The minimum absolute atomic E-state index is 0.135. The van der Waals surface area contributed by atoms with Gasteiger partial charge in [0, 0.05) is 24.5 Å². The lowest BCUT2D eigenvalue weighted by Gasteiger charge is -2.26. The number of hydrogen-bond acceptors (Lipinski definition) is 3. The summed E-state index contributed by atoms with van der Waals surface area (Å²) in [6.07, 6.45) is 1.70. The summed E-state index contributed by atoms with van der Waals surface area (Å²) in [5, 5.41) is 2.78. The summed E-state index contributed by atoms with van der Waals surface area (Å²) in [4.78, 5) is 17.5. The Morgan fingerprint density at radius 2 is 2.21 bits per heavy atom. The minimum atomic E-state index is -0.135. The van der Waals surface area contributed by atoms with Crippen molar-refractivity contribution < 1.29 is 4.79 Å². The van der Waals surface area contributed by atoms with Gasteiger partial charge in [0.15, 0.2) is 0 Å². The number of hydrogen-bond donors (Lipinski definition) is 2. The molecule has 0 radical (unpaired) electrons. The maximum absolute atomic E-state index is 11.6. The number of carbonyl (C=O) groups excluding carboxylic acids is 1. The Morgan fingerprint density at radius 1 is 1.37 bits per heavy atom. The van der Waals surface area contributed by atoms with Crippen LogP contribution in [-0.4, -0.2) is 23.0 Å². The second kappa shape index (κ2) is 4.28. The number of amides is 2. The molecule has 5 heteroatoms. The van der Waals surface area contributed by atoms with Crippen molar-refractivity contribution in [3.8, 4) is 11.1 Å². The number of nitrogens with zero attached hydrogens (tertiary/aromatic N) is 2. The lowest BCUT2D eigenvalue weighted by molar-refractivity contribution is 0.218. The molecule has 1 aromatic heterocycles. The maximum atomic E-state index is 11.6. The molecule has 2 amide bonds. The summed E-state index contributed by atoms with van der Waals surface area (Å²) in [7, 11) is 1.76. The van der Waals surface area contributed by atoms with E-state index in [0.29, 0.717) is 12.4 Å². The van der Waals surface area contributed by atoms with E-state index in [0.717, 1.165) is 22.4 Å². The molecule has 2 aromatic rings. The molecule has 0 unspecified atom stereocenters. The van der Waals surface area contributed by atoms with Crippen LogP contribution in [0.25, 0.3) is 11.1 Å². The highest BCUT2D eigenvalue weighted by Crippen LogP contribution is 2.31. The summed E-state index contributed by atoms with van der Waals surface area (Å²) in [6, 6.07) is 9.51. The van der Waals surface area contributed by atoms with Gasteiger partial charge >= 0.3 is 6.03 Å². The largest absolute Gasteiger partial charge is 0.399 e. The number of urea groups is 1. The molecule has 5 nitrogen and oxygen atoms in total. The van der Waals surface area contributed by atoms with Crippen molar-refractivity contribution in [3.05, 3.63) is 42.1 Å². The summed E-state index contributed by atoms with van der Waals surface area (Å²) >= 11 is 0. The van der Waals surface area contributed by atoms with Crippen LogP contribution in [0.4, 0.5) is 16.3 Å². The molecule has 0 spiro atoms. The van der Waals surface area contributed by atoms with Crippen LogP contribution in [-0.2, 0) is 6.54 Å². The van der Waals surface area contributed by atoms with Crippen LogP contribution in [0.5, 0.6) is 0 Å². The molecule has 0 bridgehead atoms. The van der Waals surface area contributed by atoms with Crippen molar-refractivity contribution in [1.82, 2.24) is 9.88 Å². The molecule has 19 heavy (non-hydrogen) atoms. The standard InChI is InChI=1S/C14H14N4O/c1-18-8-12-11(9-3-2-4-10(15)7-9)5-6-16-13(12)17-14(18)19/h2-7H,8,15H2,1H3,(H,16,17,19). The Hall–Kier alpha value is -2.56. The van der Waals surface area contributed by atoms with Gasteiger partial charge in [0.1, 0.15) is 5.82 Å². The molecule has 96 valence electrons. The molecule has 2 heterocycles. The fourth-order valence-electron chi connectivity index (χ4n) is 2.24. The molecule has 0 atom stereocenters. The minimum Gasteiger partial charge on any atom is -0.399 e. The van der Waals surface area contributed by atoms with Gasteiger partial charge in [-0.1, -0.05) is 12.1 Å². The van der Waals surface area contributed by atoms with Crippen LogP contribution in [0, 0.1) is 0 Å². The third-order valence-electron chi connectivity index (χ3n) is 3.22. The molecule has 0 saturated carbocycles. The van der Waals surface area contributed by atoms with Crippen LogP contribution in [0.15, 0.2) is 36.5 Å². The molecule has 1 aliphatic rings. The zero-order valence-electron chi connectivity index (χ0n) is 10.6. The number of carbonyl (C=O) groups is 1. The van der Waals surface area contributed by atoms with Crippen molar-refractivity contribution >= 4 is 17.5 Å². The van der Waals surface area contributed by atoms with E-state index < -0.39 is 0 Å². The summed E-state index contributed by atoms with van der Waals surface area (Å²) < 4.78 is 0.